The van der Waals surface area contributed by atoms with Gasteiger partial charge in [0.25, 0.3) is 0 Å². The first-order valence-corrected chi connectivity index (χ1v) is 10.7. The van der Waals surface area contributed by atoms with Gasteiger partial charge in [0.15, 0.2) is 0 Å². The lowest BCUT2D eigenvalue weighted by Gasteiger charge is -2.44. The molecule has 0 N–H and O–H groups in total. The molecule has 0 radical (unpaired) electrons. The molecule has 2 aromatic rings. The summed E-state index contributed by atoms with van der Waals surface area (Å²) in [4.78, 5) is 23.1. The Morgan fingerprint density at radius 3 is 1.84 bits per heavy atom. The second-order valence-electron chi connectivity index (χ2n) is 7.84. The molecule has 32 heavy (non-hydrogen) atoms. The second-order valence-corrected chi connectivity index (χ2v) is 7.84. The molecule has 0 unspecified atom stereocenters. The van der Waals surface area contributed by atoms with Crippen LogP contribution >= 0.6 is 0 Å². The molecule has 5 atom stereocenters. The second kappa shape index (κ2) is 11.8. The quantitative estimate of drug-likeness (QED) is 0.549. The van der Waals surface area contributed by atoms with Gasteiger partial charge in [0, 0.05) is 19.8 Å². The first-order valence-electron chi connectivity index (χ1n) is 10.7. The summed E-state index contributed by atoms with van der Waals surface area (Å²) >= 11 is 0. The van der Waals surface area contributed by atoms with Gasteiger partial charge in [-0.1, -0.05) is 67.6 Å². The molecule has 7 nitrogen and oxygen atoms in total. The molecule has 1 saturated heterocycles. The van der Waals surface area contributed by atoms with Crippen molar-refractivity contribution in [1.82, 2.24) is 0 Å². The van der Waals surface area contributed by atoms with E-state index in [1.165, 1.54) is 13.8 Å². The van der Waals surface area contributed by atoms with E-state index >= 15 is 0 Å². The van der Waals surface area contributed by atoms with Gasteiger partial charge in [-0.2, -0.15) is 0 Å². The number of hydrogen-bond donors (Lipinski definition) is 0. The summed E-state index contributed by atoms with van der Waals surface area (Å²) in [5.74, 6) is -1.09. The fraction of sp³-hybridized carbons (Fsp3) is 0.440. The largest absolute Gasteiger partial charge is 0.463 e. The highest BCUT2D eigenvalue weighted by Gasteiger charge is 2.47. The van der Waals surface area contributed by atoms with Gasteiger partial charge >= 0.3 is 11.9 Å². The zero-order valence-electron chi connectivity index (χ0n) is 18.6. The molecule has 172 valence electrons. The highest BCUT2D eigenvalue weighted by Crippen LogP contribution is 2.32. The molecule has 0 amide bonds. The summed E-state index contributed by atoms with van der Waals surface area (Å²) in [6.07, 6.45) is -2.63. The minimum absolute atomic E-state index is 0.0326. The SMILES string of the molecule is CC(=O)OC[C@H]1O[C@@H](OC(C)=O)[C@H](OCc2ccccc2)[C@@H](OCc2ccccc2)[C@@H]1C. The fourth-order valence-corrected chi connectivity index (χ4v) is 3.64. The number of ether oxygens (including phenoxy) is 5. The van der Waals surface area contributed by atoms with Crippen LogP contribution in [0.15, 0.2) is 60.7 Å². The van der Waals surface area contributed by atoms with Crippen molar-refractivity contribution in [1.29, 1.82) is 0 Å². The van der Waals surface area contributed by atoms with Crippen LogP contribution < -0.4 is 0 Å². The van der Waals surface area contributed by atoms with E-state index in [0.717, 1.165) is 11.1 Å². The van der Waals surface area contributed by atoms with Gasteiger partial charge in [0.1, 0.15) is 18.8 Å². The van der Waals surface area contributed by atoms with E-state index in [2.05, 4.69) is 0 Å². The van der Waals surface area contributed by atoms with E-state index in [9.17, 15) is 9.59 Å². The van der Waals surface area contributed by atoms with Crippen LogP contribution in [0.25, 0.3) is 0 Å². The topological polar surface area (TPSA) is 80.3 Å². The Hall–Kier alpha value is -2.74. The number of esters is 2. The third-order valence-electron chi connectivity index (χ3n) is 5.31. The first kappa shape index (κ1) is 23.9. The van der Waals surface area contributed by atoms with Gasteiger partial charge < -0.3 is 23.7 Å². The van der Waals surface area contributed by atoms with Crippen molar-refractivity contribution in [3.05, 3.63) is 71.8 Å². The van der Waals surface area contributed by atoms with E-state index < -0.39 is 36.5 Å². The van der Waals surface area contributed by atoms with Gasteiger partial charge in [0.2, 0.25) is 6.29 Å². The van der Waals surface area contributed by atoms with E-state index in [4.69, 9.17) is 23.7 Å². The van der Waals surface area contributed by atoms with E-state index in [-0.39, 0.29) is 12.5 Å². The van der Waals surface area contributed by atoms with Crippen molar-refractivity contribution < 1.29 is 33.3 Å². The van der Waals surface area contributed by atoms with Crippen LogP contribution in [-0.4, -0.2) is 43.1 Å². The number of carbonyl (C=O) groups is 2. The molecule has 0 spiro atoms. The van der Waals surface area contributed by atoms with Crippen LogP contribution in [0.5, 0.6) is 0 Å². The zero-order chi connectivity index (χ0) is 22.9. The third-order valence-corrected chi connectivity index (χ3v) is 5.31. The zero-order valence-corrected chi connectivity index (χ0v) is 18.6. The number of hydrogen-bond acceptors (Lipinski definition) is 7. The molecule has 0 aliphatic carbocycles. The average Bonchev–Trinajstić information content (AvgIpc) is 2.78. The Morgan fingerprint density at radius 1 is 0.812 bits per heavy atom. The standard InChI is InChI=1S/C25H30O7/c1-17-22(16-28-18(2)26)32-25(31-19(3)27)24(30-15-21-12-8-5-9-13-21)23(17)29-14-20-10-6-4-7-11-20/h4-13,17,22-25H,14-16H2,1-3H3/t17-,22-,23+,24-,25-/m1/s1. The Balaban J connectivity index is 1.81. The van der Waals surface area contributed by atoms with Crippen LogP contribution in [-0.2, 0) is 46.5 Å². The molecule has 3 rings (SSSR count). The van der Waals surface area contributed by atoms with Crippen molar-refractivity contribution in [3.63, 3.8) is 0 Å². The lowest BCUT2D eigenvalue weighted by molar-refractivity contribution is -0.299. The normalized spacial score (nSPS) is 25.2. The van der Waals surface area contributed by atoms with Crippen molar-refractivity contribution in [2.45, 2.75) is 58.6 Å². The average molecular weight is 443 g/mol. The molecule has 0 bridgehead atoms. The smallest absolute Gasteiger partial charge is 0.305 e. The molecule has 0 aromatic heterocycles. The first-order chi connectivity index (χ1) is 15.4. The molecule has 1 aliphatic rings. The van der Waals surface area contributed by atoms with Crippen LogP contribution in [0, 0.1) is 5.92 Å². The van der Waals surface area contributed by atoms with Crippen molar-refractivity contribution in [2.24, 2.45) is 5.92 Å². The van der Waals surface area contributed by atoms with Crippen LogP contribution in [0.3, 0.4) is 0 Å². The number of benzene rings is 2. The maximum atomic E-state index is 11.8. The molecular weight excluding hydrogens is 412 g/mol. The van der Waals surface area contributed by atoms with Gasteiger partial charge in [-0.05, 0) is 11.1 Å². The van der Waals surface area contributed by atoms with Crippen LogP contribution in [0.1, 0.15) is 31.9 Å². The Morgan fingerprint density at radius 2 is 1.34 bits per heavy atom. The molecule has 1 fully saturated rings. The van der Waals surface area contributed by atoms with Crippen molar-refractivity contribution >= 4 is 11.9 Å². The summed E-state index contributed by atoms with van der Waals surface area (Å²) in [6.45, 7) is 5.30. The highest BCUT2D eigenvalue weighted by atomic mass is 16.7. The van der Waals surface area contributed by atoms with Crippen LogP contribution in [0.4, 0.5) is 0 Å². The Labute approximate surface area is 188 Å². The van der Waals surface area contributed by atoms with Crippen molar-refractivity contribution in [3.8, 4) is 0 Å². The molecule has 1 aliphatic heterocycles. The molecular formula is C25H30O7. The predicted molar refractivity (Wildman–Crippen MR) is 116 cm³/mol. The van der Waals surface area contributed by atoms with Gasteiger partial charge in [-0.3, -0.25) is 9.59 Å². The molecule has 0 saturated carbocycles. The van der Waals surface area contributed by atoms with Gasteiger partial charge in [0.05, 0.1) is 19.3 Å². The number of carbonyl (C=O) groups excluding carboxylic acids is 2. The maximum absolute atomic E-state index is 11.8. The van der Waals surface area contributed by atoms with Gasteiger partial charge in [-0.15, -0.1) is 0 Å². The van der Waals surface area contributed by atoms with Gasteiger partial charge in [-0.25, -0.2) is 0 Å². The molecule has 2 aromatic carbocycles. The Bertz CT molecular complexity index is 855. The van der Waals surface area contributed by atoms with Crippen LogP contribution in [0.2, 0.25) is 0 Å². The lowest BCUT2D eigenvalue weighted by atomic mass is 9.90. The Kier molecular flexibility index (Phi) is 8.79. The summed E-state index contributed by atoms with van der Waals surface area (Å²) in [5, 5.41) is 0. The summed E-state index contributed by atoms with van der Waals surface area (Å²) in [5.41, 5.74) is 1.99. The maximum Gasteiger partial charge on any atom is 0.305 e. The summed E-state index contributed by atoms with van der Waals surface area (Å²) in [7, 11) is 0. The minimum atomic E-state index is -0.992. The molecule has 7 heteroatoms. The third kappa shape index (κ3) is 6.88. The monoisotopic (exact) mass is 442 g/mol. The summed E-state index contributed by atoms with van der Waals surface area (Å²) in [6, 6.07) is 19.5. The van der Waals surface area contributed by atoms with Crippen molar-refractivity contribution in [2.75, 3.05) is 6.61 Å². The fourth-order valence-electron chi connectivity index (χ4n) is 3.64. The molecule has 1 heterocycles. The van der Waals surface area contributed by atoms with E-state index in [1.54, 1.807) is 0 Å². The van der Waals surface area contributed by atoms with E-state index in [1.807, 2.05) is 67.6 Å². The lowest BCUT2D eigenvalue weighted by Crippen LogP contribution is -2.57. The number of rotatable bonds is 9. The van der Waals surface area contributed by atoms with E-state index in [0.29, 0.717) is 13.2 Å². The highest BCUT2D eigenvalue weighted by molar-refractivity contribution is 5.66. The summed E-state index contributed by atoms with van der Waals surface area (Å²) < 4.78 is 29.1. The predicted octanol–water partition coefficient (Wildman–Crippen LogP) is 3.64. The minimum Gasteiger partial charge on any atom is -0.463 e.